The molecule has 0 aliphatic heterocycles. The molecule has 0 bridgehead atoms. The summed E-state index contributed by atoms with van der Waals surface area (Å²) < 4.78 is -1.10. The fourth-order valence-corrected chi connectivity index (χ4v) is 4.02. The van der Waals surface area contributed by atoms with Crippen LogP contribution >= 0.6 is 46.4 Å². The molecule has 2 saturated carbocycles. The molecule has 0 unspecified atom stereocenters. The topological polar surface area (TPSA) is 0 Å². The first-order valence-corrected chi connectivity index (χ1v) is 5.91. The lowest BCUT2D eigenvalue weighted by Crippen LogP contribution is -1.96. The molecule has 0 aromatic rings. The first-order chi connectivity index (χ1) is 5.95. The Hall–Kier alpha value is 0.900. The third-order valence-corrected chi connectivity index (χ3v) is 5.69. The molecule has 72 valence electrons. The van der Waals surface area contributed by atoms with Gasteiger partial charge in [-0.1, -0.05) is 12.2 Å². The molecule has 4 atom stereocenters. The van der Waals surface area contributed by atoms with Crippen LogP contribution in [0.5, 0.6) is 0 Å². The van der Waals surface area contributed by atoms with Gasteiger partial charge in [-0.25, -0.2) is 0 Å². The highest BCUT2D eigenvalue weighted by atomic mass is 35.5. The molecular weight excluding hydrogens is 250 g/mol. The molecule has 0 radical (unpaired) electrons. The minimum absolute atomic E-state index is 0.327. The second-order valence-corrected chi connectivity index (χ2v) is 7.12. The molecule has 3 aliphatic carbocycles. The molecule has 4 heteroatoms. The van der Waals surface area contributed by atoms with Crippen molar-refractivity contribution < 1.29 is 0 Å². The first-order valence-electron chi connectivity index (χ1n) is 4.39. The van der Waals surface area contributed by atoms with Gasteiger partial charge in [0.1, 0.15) is 8.67 Å². The van der Waals surface area contributed by atoms with Crippen LogP contribution in [0.15, 0.2) is 12.2 Å². The molecule has 0 spiro atoms. The van der Waals surface area contributed by atoms with Crippen LogP contribution < -0.4 is 0 Å². The molecule has 0 saturated heterocycles. The van der Waals surface area contributed by atoms with Gasteiger partial charge >= 0.3 is 0 Å². The average molecular weight is 258 g/mol. The van der Waals surface area contributed by atoms with Crippen LogP contribution in [0.2, 0.25) is 0 Å². The van der Waals surface area contributed by atoms with E-state index in [2.05, 4.69) is 12.2 Å². The van der Waals surface area contributed by atoms with Crippen molar-refractivity contribution in [2.45, 2.75) is 15.1 Å². The summed E-state index contributed by atoms with van der Waals surface area (Å²) in [4.78, 5) is 0. The van der Waals surface area contributed by atoms with Gasteiger partial charge in [-0.3, -0.25) is 0 Å². The van der Waals surface area contributed by atoms with Crippen molar-refractivity contribution in [3.05, 3.63) is 12.2 Å². The number of hydrogen-bond acceptors (Lipinski definition) is 0. The summed E-state index contributed by atoms with van der Waals surface area (Å²) >= 11 is 24.4. The zero-order chi connectivity index (χ0) is 9.43. The molecule has 3 aliphatic rings. The third-order valence-electron chi connectivity index (χ3n) is 3.56. The minimum atomic E-state index is -0.548. The van der Waals surface area contributed by atoms with E-state index in [0.29, 0.717) is 23.7 Å². The van der Waals surface area contributed by atoms with Gasteiger partial charge in [0.05, 0.1) is 0 Å². The standard InChI is InChI=1S/C9H8Cl4/c10-8(11)4-1-2-5-7(3-6(4)8)9(5,12)13/h1-2,4-7H,3H2/t4-,5+,6-,7-/m0/s1. The largest absolute Gasteiger partial charge is 0.128 e. The quantitative estimate of drug-likeness (QED) is 0.458. The van der Waals surface area contributed by atoms with Crippen LogP contribution in [-0.2, 0) is 0 Å². The maximum Gasteiger partial charge on any atom is 0.128 e. The van der Waals surface area contributed by atoms with Crippen molar-refractivity contribution in [3.8, 4) is 0 Å². The minimum Gasteiger partial charge on any atom is -0.101 e. The van der Waals surface area contributed by atoms with Crippen molar-refractivity contribution in [1.29, 1.82) is 0 Å². The van der Waals surface area contributed by atoms with Gasteiger partial charge in [-0.05, 0) is 6.42 Å². The predicted octanol–water partition coefficient (Wildman–Crippen LogP) is 3.79. The van der Waals surface area contributed by atoms with E-state index in [1.807, 2.05) is 0 Å². The maximum atomic E-state index is 6.09. The van der Waals surface area contributed by atoms with Crippen LogP contribution in [0.3, 0.4) is 0 Å². The van der Waals surface area contributed by atoms with Gasteiger partial charge in [0.25, 0.3) is 0 Å². The van der Waals surface area contributed by atoms with E-state index in [1.54, 1.807) is 0 Å². The highest BCUT2D eigenvalue weighted by molar-refractivity contribution is 6.52. The Kier molecular flexibility index (Phi) is 1.65. The van der Waals surface area contributed by atoms with E-state index in [1.165, 1.54) is 0 Å². The van der Waals surface area contributed by atoms with Crippen LogP contribution in [0.4, 0.5) is 0 Å². The second kappa shape index (κ2) is 2.35. The molecule has 0 nitrogen and oxygen atoms in total. The van der Waals surface area contributed by atoms with Crippen molar-refractivity contribution in [2.24, 2.45) is 23.7 Å². The Balaban J connectivity index is 1.86. The van der Waals surface area contributed by atoms with E-state index in [9.17, 15) is 0 Å². The number of fused-ring (bicyclic) bond motifs is 2. The number of allylic oxidation sites excluding steroid dienone is 2. The Morgan fingerprint density at radius 2 is 1.23 bits per heavy atom. The zero-order valence-corrected chi connectivity index (χ0v) is 9.71. The van der Waals surface area contributed by atoms with Gasteiger partial charge in [-0.2, -0.15) is 0 Å². The van der Waals surface area contributed by atoms with E-state index in [0.717, 1.165) is 6.42 Å². The fraction of sp³-hybridized carbons (Fsp3) is 0.778. The van der Waals surface area contributed by atoms with E-state index in [4.69, 9.17) is 46.4 Å². The molecule has 0 aromatic heterocycles. The first kappa shape index (κ1) is 9.15. The predicted molar refractivity (Wildman–Crippen MR) is 56.6 cm³/mol. The Morgan fingerprint density at radius 1 is 0.846 bits per heavy atom. The van der Waals surface area contributed by atoms with E-state index < -0.39 is 8.67 Å². The van der Waals surface area contributed by atoms with Gasteiger partial charge in [-0.15, -0.1) is 46.4 Å². The molecule has 0 N–H and O–H groups in total. The van der Waals surface area contributed by atoms with Gasteiger partial charge in [0.15, 0.2) is 0 Å². The second-order valence-electron chi connectivity index (χ2n) is 4.23. The molecule has 0 heterocycles. The van der Waals surface area contributed by atoms with Crippen LogP contribution in [0.1, 0.15) is 6.42 Å². The summed E-state index contributed by atoms with van der Waals surface area (Å²) in [7, 11) is 0. The SMILES string of the molecule is ClC1(Cl)[C@@H]2C=C[C@H]3[C@H](C[C@@H]21)C3(Cl)Cl. The number of alkyl halides is 4. The Bertz CT molecular complexity index is 266. The smallest absolute Gasteiger partial charge is 0.101 e. The van der Waals surface area contributed by atoms with Crippen LogP contribution in [0.25, 0.3) is 0 Å². The van der Waals surface area contributed by atoms with Crippen LogP contribution in [0, 0.1) is 23.7 Å². The Morgan fingerprint density at radius 3 is 1.62 bits per heavy atom. The van der Waals surface area contributed by atoms with E-state index in [-0.39, 0.29) is 0 Å². The summed E-state index contributed by atoms with van der Waals surface area (Å²) in [5, 5.41) is 0. The number of hydrogen-bond donors (Lipinski definition) is 0. The summed E-state index contributed by atoms with van der Waals surface area (Å²) in [6.07, 6.45) is 5.13. The fourth-order valence-electron chi connectivity index (χ4n) is 2.48. The monoisotopic (exact) mass is 256 g/mol. The Labute approximate surface area is 97.2 Å². The summed E-state index contributed by atoms with van der Waals surface area (Å²) in [6.45, 7) is 0. The zero-order valence-electron chi connectivity index (χ0n) is 6.68. The van der Waals surface area contributed by atoms with Crippen LogP contribution in [-0.4, -0.2) is 8.67 Å². The van der Waals surface area contributed by atoms with Gasteiger partial charge in [0, 0.05) is 23.7 Å². The van der Waals surface area contributed by atoms with Gasteiger partial charge < -0.3 is 0 Å². The highest BCUT2D eigenvalue weighted by Gasteiger charge is 2.71. The maximum absolute atomic E-state index is 6.09. The van der Waals surface area contributed by atoms with Crippen molar-refractivity contribution in [3.63, 3.8) is 0 Å². The summed E-state index contributed by atoms with van der Waals surface area (Å²) in [6, 6.07) is 0. The summed E-state index contributed by atoms with van der Waals surface area (Å²) in [5.74, 6) is 1.38. The lowest BCUT2D eigenvalue weighted by Gasteiger charge is -1.98. The third kappa shape index (κ3) is 1.07. The van der Waals surface area contributed by atoms with Gasteiger partial charge in [0.2, 0.25) is 0 Å². The lowest BCUT2D eigenvalue weighted by atomic mass is 10.2. The normalized spacial score (nSPS) is 53.2. The van der Waals surface area contributed by atoms with E-state index >= 15 is 0 Å². The highest BCUT2D eigenvalue weighted by Crippen LogP contribution is 2.72. The molecule has 0 amide bonds. The van der Waals surface area contributed by atoms with Crippen molar-refractivity contribution in [2.75, 3.05) is 0 Å². The summed E-state index contributed by atoms with van der Waals surface area (Å²) in [5.41, 5.74) is 0. The molecule has 13 heavy (non-hydrogen) atoms. The van der Waals surface area contributed by atoms with Crippen molar-refractivity contribution >= 4 is 46.4 Å². The van der Waals surface area contributed by atoms with Crippen molar-refractivity contribution in [1.82, 2.24) is 0 Å². The average Bonchev–Trinajstić information content (AvgIpc) is 2.75. The molecule has 2 fully saturated rings. The molecule has 0 aromatic carbocycles. The molecular formula is C9H8Cl4. The number of rotatable bonds is 0. The lowest BCUT2D eigenvalue weighted by molar-refractivity contribution is 0.614. The number of halogens is 4. The molecule has 3 rings (SSSR count).